The predicted octanol–water partition coefficient (Wildman–Crippen LogP) is 2.14. The highest BCUT2D eigenvalue weighted by molar-refractivity contribution is 5.84. The Kier molecular flexibility index (Phi) is 2.66. The van der Waals surface area contributed by atoms with E-state index < -0.39 is 0 Å². The summed E-state index contributed by atoms with van der Waals surface area (Å²) >= 11 is 0. The van der Waals surface area contributed by atoms with Crippen LogP contribution in [0.5, 0.6) is 0 Å². The van der Waals surface area contributed by atoms with Crippen molar-refractivity contribution in [2.45, 2.75) is 13.3 Å². The summed E-state index contributed by atoms with van der Waals surface area (Å²) < 4.78 is 3.55. The van der Waals surface area contributed by atoms with E-state index in [0.717, 1.165) is 23.3 Å². The van der Waals surface area contributed by atoms with Crippen molar-refractivity contribution in [3.63, 3.8) is 0 Å². The molecule has 0 spiro atoms. The third-order valence-electron chi connectivity index (χ3n) is 3.99. The molecule has 0 aliphatic rings. The summed E-state index contributed by atoms with van der Waals surface area (Å²) in [6, 6.07) is 7.55. The minimum absolute atomic E-state index is 0.0351. The molecule has 3 heterocycles. The molecule has 0 amide bonds. The van der Waals surface area contributed by atoms with Crippen molar-refractivity contribution in [3.8, 4) is 11.5 Å². The Morgan fingerprint density at radius 1 is 1.23 bits per heavy atom. The van der Waals surface area contributed by atoms with Crippen LogP contribution in [0.3, 0.4) is 0 Å². The molecule has 0 saturated carbocycles. The zero-order valence-electron chi connectivity index (χ0n) is 12.4. The second kappa shape index (κ2) is 4.56. The molecule has 1 aromatic carbocycles. The molecule has 0 saturated heterocycles. The molecule has 0 radical (unpaired) electrons. The summed E-state index contributed by atoms with van der Waals surface area (Å²) in [5.74, 6) is 0.685. The van der Waals surface area contributed by atoms with Crippen molar-refractivity contribution in [2.75, 3.05) is 0 Å². The number of para-hydroxylation sites is 1. The van der Waals surface area contributed by atoms with E-state index in [1.165, 1.54) is 0 Å². The number of nitrogens with one attached hydrogen (secondary N) is 1. The monoisotopic (exact) mass is 293 g/mol. The van der Waals surface area contributed by atoms with Gasteiger partial charge >= 0.3 is 0 Å². The van der Waals surface area contributed by atoms with Gasteiger partial charge in [-0.3, -0.25) is 13.8 Å². The fraction of sp³-hybridized carbons (Fsp3) is 0.188. The quantitative estimate of drug-likeness (QED) is 0.615. The third kappa shape index (κ3) is 1.64. The zero-order chi connectivity index (χ0) is 15.3. The summed E-state index contributed by atoms with van der Waals surface area (Å²) in [4.78, 5) is 24.7. The molecular weight excluding hydrogens is 278 g/mol. The van der Waals surface area contributed by atoms with Crippen molar-refractivity contribution < 1.29 is 0 Å². The van der Waals surface area contributed by atoms with E-state index in [2.05, 4.69) is 21.9 Å². The van der Waals surface area contributed by atoms with E-state index in [9.17, 15) is 4.79 Å². The molecule has 22 heavy (non-hydrogen) atoms. The molecule has 6 heteroatoms. The smallest absolute Gasteiger partial charge is 0.261 e. The Hall–Kier alpha value is -2.89. The normalized spacial score (nSPS) is 11.5. The standard InChI is InChI=1S/C16H15N5O/c1-3-10-8-17-14(19-10)13-15-20(2)16(22)11-6-4-5-7-12(11)21(15)9-18-13/h4-9H,3H2,1-2H3,(H,17,19). The van der Waals surface area contributed by atoms with Crippen LogP contribution in [0, 0.1) is 0 Å². The van der Waals surface area contributed by atoms with Gasteiger partial charge in [-0.1, -0.05) is 19.1 Å². The number of aryl methyl sites for hydroxylation is 2. The van der Waals surface area contributed by atoms with Gasteiger partial charge in [0.25, 0.3) is 5.56 Å². The van der Waals surface area contributed by atoms with Crippen molar-refractivity contribution >= 4 is 16.6 Å². The SMILES string of the molecule is CCc1cnc(-c2ncn3c4ccccc4c(=O)n(C)c23)[nH]1. The van der Waals surface area contributed by atoms with Gasteiger partial charge in [0.1, 0.15) is 12.0 Å². The van der Waals surface area contributed by atoms with Crippen LogP contribution < -0.4 is 5.56 Å². The van der Waals surface area contributed by atoms with Crippen molar-refractivity contribution in [1.82, 2.24) is 23.9 Å². The Balaban J connectivity index is 2.13. The van der Waals surface area contributed by atoms with Crippen LogP contribution in [0.2, 0.25) is 0 Å². The molecule has 0 aliphatic heterocycles. The van der Waals surface area contributed by atoms with Crippen molar-refractivity contribution in [1.29, 1.82) is 0 Å². The summed E-state index contributed by atoms with van der Waals surface area (Å²) in [5.41, 5.74) is 3.28. The summed E-state index contributed by atoms with van der Waals surface area (Å²) in [5, 5.41) is 0.676. The fourth-order valence-electron chi connectivity index (χ4n) is 2.81. The van der Waals surface area contributed by atoms with Gasteiger partial charge in [-0.15, -0.1) is 0 Å². The van der Waals surface area contributed by atoms with Gasteiger partial charge in [-0.25, -0.2) is 9.97 Å². The van der Waals surface area contributed by atoms with Gasteiger partial charge in [0, 0.05) is 18.9 Å². The van der Waals surface area contributed by atoms with Gasteiger partial charge in [-0.2, -0.15) is 0 Å². The van der Waals surface area contributed by atoms with Gasteiger partial charge in [-0.05, 0) is 18.6 Å². The molecule has 0 fully saturated rings. The maximum absolute atomic E-state index is 12.6. The van der Waals surface area contributed by atoms with Crippen LogP contribution in [-0.4, -0.2) is 23.9 Å². The molecular formula is C16H15N5O. The van der Waals surface area contributed by atoms with Crippen LogP contribution in [-0.2, 0) is 13.5 Å². The third-order valence-corrected chi connectivity index (χ3v) is 3.99. The number of hydrogen-bond acceptors (Lipinski definition) is 3. The molecule has 0 bridgehead atoms. The summed E-state index contributed by atoms with van der Waals surface area (Å²) in [6.45, 7) is 2.06. The molecule has 4 rings (SSSR count). The lowest BCUT2D eigenvalue weighted by atomic mass is 10.2. The van der Waals surface area contributed by atoms with E-state index >= 15 is 0 Å². The average molecular weight is 293 g/mol. The van der Waals surface area contributed by atoms with Crippen LogP contribution in [0.4, 0.5) is 0 Å². The lowest BCUT2D eigenvalue weighted by Crippen LogP contribution is -2.19. The summed E-state index contributed by atoms with van der Waals surface area (Å²) in [7, 11) is 1.76. The van der Waals surface area contributed by atoms with E-state index in [4.69, 9.17) is 0 Å². The topological polar surface area (TPSA) is 68.0 Å². The first-order valence-corrected chi connectivity index (χ1v) is 7.19. The highest BCUT2D eigenvalue weighted by atomic mass is 16.1. The van der Waals surface area contributed by atoms with Crippen LogP contribution in [0.15, 0.2) is 41.6 Å². The molecule has 6 nitrogen and oxygen atoms in total. The second-order valence-corrected chi connectivity index (χ2v) is 5.28. The lowest BCUT2D eigenvalue weighted by Gasteiger charge is -2.07. The van der Waals surface area contributed by atoms with Gasteiger partial charge in [0.05, 0.1) is 10.9 Å². The van der Waals surface area contributed by atoms with E-state index in [1.54, 1.807) is 24.1 Å². The number of aromatic nitrogens is 5. The van der Waals surface area contributed by atoms with Gasteiger partial charge < -0.3 is 4.98 Å². The van der Waals surface area contributed by atoms with Crippen molar-refractivity contribution in [3.05, 3.63) is 52.8 Å². The number of benzene rings is 1. The second-order valence-electron chi connectivity index (χ2n) is 5.28. The van der Waals surface area contributed by atoms with Crippen molar-refractivity contribution in [2.24, 2.45) is 7.05 Å². The summed E-state index contributed by atoms with van der Waals surface area (Å²) in [6.07, 6.45) is 4.42. The maximum Gasteiger partial charge on any atom is 0.261 e. The van der Waals surface area contributed by atoms with E-state index in [0.29, 0.717) is 16.9 Å². The highest BCUT2D eigenvalue weighted by Gasteiger charge is 2.16. The minimum Gasteiger partial charge on any atom is -0.340 e. The number of aromatic amines is 1. The minimum atomic E-state index is -0.0351. The predicted molar refractivity (Wildman–Crippen MR) is 84.9 cm³/mol. The first-order chi connectivity index (χ1) is 10.7. The molecule has 3 aromatic heterocycles. The van der Waals surface area contributed by atoms with Gasteiger partial charge in [0.15, 0.2) is 11.5 Å². The number of rotatable bonds is 2. The lowest BCUT2D eigenvalue weighted by molar-refractivity contribution is 0.881. The number of nitrogens with zero attached hydrogens (tertiary/aromatic N) is 4. The molecule has 0 aliphatic carbocycles. The molecule has 0 atom stereocenters. The number of hydrogen-bond donors (Lipinski definition) is 1. The van der Waals surface area contributed by atoms with Crippen LogP contribution in [0.1, 0.15) is 12.6 Å². The Morgan fingerprint density at radius 2 is 2.05 bits per heavy atom. The fourth-order valence-corrected chi connectivity index (χ4v) is 2.81. The first-order valence-electron chi connectivity index (χ1n) is 7.19. The largest absolute Gasteiger partial charge is 0.340 e. The maximum atomic E-state index is 12.6. The molecule has 4 aromatic rings. The highest BCUT2D eigenvalue weighted by Crippen LogP contribution is 2.22. The van der Waals surface area contributed by atoms with Crippen LogP contribution in [0.25, 0.3) is 28.1 Å². The Bertz CT molecular complexity index is 1050. The number of fused-ring (bicyclic) bond motifs is 3. The molecule has 1 N–H and O–H groups in total. The van der Waals surface area contributed by atoms with E-state index in [1.807, 2.05) is 28.7 Å². The first kappa shape index (κ1) is 12.8. The Labute approximate surface area is 126 Å². The molecule has 110 valence electrons. The zero-order valence-corrected chi connectivity index (χ0v) is 12.4. The van der Waals surface area contributed by atoms with Crippen LogP contribution >= 0.6 is 0 Å². The number of H-pyrrole nitrogens is 1. The molecule has 0 unspecified atom stereocenters. The van der Waals surface area contributed by atoms with E-state index in [-0.39, 0.29) is 5.56 Å². The number of imidazole rings is 2. The average Bonchev–Trinajstić information content (AvgIpc) is 3.19. The Morgan fingerprint density at radius 3 is 2.82 bits per heavy atom. The van der Waals surface area contributed by atoms with Gasteiger partial charge in [0.2, 0.25) is 0 Å².